The Morgan fingerprint density at radius 1 is 1.00 bits per heavy atom. The van der Waals surface area contributed by atoms with Gasteiger partial charge in [-0.15, -0.1) is 10.2 Å². The second-order valence-electron chi connectivity index (χ2n) is 5.63. The van der Waals surface area contributed by atoms with Crippen LogP contribution in [0.1, 0.15) is 0 Å². The number of hydrogen-bond acceptors (Lipinski definition) is 6. The minimum atomic E-state index is 0.768. The number of aromatic nitrogens is 2. The molecular formula is C15H22BrN5O. The average molecular weight is 368 g/mol. The van der Waals surface area contributed by atoms with Crippen LogP contribution in [0.2, 0.25) is 0 Å². The number of hydrogen-bond donors (Lipinski definition) is 0. The van der Waals surface area contributed by atoms with Crippen LogP contribution in [0.15, 0.2) is 23.2 Å². The van der Waals surface area contributed by atoms with Gasteiger partial charge in [-0.2, -0.15) is 0 Å². The monoisotopic (exact) mass is 367 g/mol. The summed E-state index contributed by atoms with van der Waals surface area (Å²) in [5.74, 6) is 1.91. The summed E-state index contributed by atoms with van der Waals surface area (Å²) < 4.78 is 6.40. The van der Waals surface area contributed by atoms with Crippen LogP contribution in [-0.2, 0) is 4.74 Å². The average Bonchev–Trinajstić information content (AvgIpc) is 2.56. The number of ether oxygens (including phenoxy) is 1. The van der Waals surface area contributed by atoms with Gasteiger partial charge in [0, 0.05) is 50.3 Å². The Balaban J connectivity index is 1.56. The van der Waals surface area contributed by atoms with E-state index in [0.29, 0.717) is 0 Å². The molecule has 0 saturated carbocycles. The van der Waals surface area contributed by atoms with Gasteiger partial charge >= 0.3 is 0 Å². The van der Waals surface area contributed by atoms with Crippen molar-refractivity contribution < 1.29 is 4.74 Å². The molecular weight excluding hydrogens is 346 g/mol. The summed E-state index contributed by atoms with van der Waals surface area (Å²) in [5, 5.41) is 8.80. The van der Waals surface area contributed by atoms with E-state index in [-0.39, 0.29) is 0 Å². The lowest BCUT2D eigenvalue weighted by molar-refractivity contribution is 0.122. The lowest BCUT2D eigenvalue weighted by atomic mass is 10.3. The third-order valence-electron chi connectivity index (χ3n) is 4.06. The fourth-order valence-corrected chi connectivity index (χ4v) is 3.18. The summed E-state index contributed by atoms with van der Waals surface area (Å²) in [5.41, 5.74) is 0. The molecule has 120 valence electrons. The Hall–Kier alpha value is -1.18. The Morgan fingerprint density at radius 2 is 1.55 bits per heavy atom. The van der Waals surface area contributed by atoms with Crippen molar-refractivity contribution in [2.45, 2.75) is 0 Å². The van der Waals surface area contributed by atoms with Gasteiger partial charge < -0.3 is 14.5 Å². The second kappa shape index (κ2) is 7.39. The molecule has 2 fully saturated rings. The lowest BCUT2D eigenvalue weighted by Gasteiger charge is -2.35. The number of nitrogens with zero attached hydrogens (tertiary/aromatic N) is 5. The maximum absolute atomic E-state index is 5.37. The second-order valence-corrected chi connectivity index (χ2v) is 6.75. The molecule has 0 aliphatic carbocycles. The van der Waals surface area contributed by atoms with E-state index in [0.717, 1.165) is 75.1 Å². The molecule has 0 aromatic carbocycles. The normalized spacial score (nSPS) is 20.2. The van der Waals surface area contributed by atoms with Crippen molar-refractivity contribution in [1.29, 1.82) is 0 Å². The Morgan fingerprint density at radius 3 is 2.05 bits per heavy atom. The SMILES string of the molecule is C=C(Br)CN1CCN(c2ccc(N3CCOCC3)nn2)CC1. The van der Waals surface area contributed by atoms with Crippen LogP contribution in [0.25, 0.3) is 0 Å². The van der Waals surface area contributed by atoms with E-state index in [1.807, 2.05) is 0 Å². The van der Waals surface area contributed by atoms with E-state index >= 15 is 0 Å². The van der Waals surface area contributed by atoms with Crippen molar-refractivity contribution in [1.82, 2.24) is 15.1 Å². The molecule has 3 rings (SSSR count). The molecule has 6 nitrogen and oxygen atoms in total. The molecule has 0 bridgehead atoms. The molecule has 1 aromatic rings. The molecule has 7 heteroatoms. The molecule has 0 N–H and O–H groups in total. The number of rotatable bonds is 4. The number of halogens is 1. The van der Waals surface area contributed by atoms with Crippen LogP contribution in [0, 0.1) is 0 Å². The first-order valence-electron chi connectivity index (χ1n) is 7.69. The summed E-state index contributed by atoms with van der Waals surface area (Å²) in [4.78, 5) is 6.91. The molecule has 1 aromatic heterocycles. The van der Waals surface area contributed by atoms with Crippen molar-refractivity contribution in [3.05, 3.63) is 23.2 Å². The Kier molecular flexibility index (Phi) is 5.28. The van der Waals surface area contributed by atoms with Crippen molar-refractivity contribution >= 4 is 27.6 Å². The van der Waals surface area contributed by atoms with Crippen LogP contribution in [-0.4, -0.2) is 74.1 Å². The van der Waals surface area contributed by atoms with Crippen LogP contribution in [0.5, 0.6) is 0 Å². The molecule has 2 saturated heterocycles. The highest BCUT2D eigenvalue weighted by atomic mass is 79.9. The van der Waals surface area contributed by atoms with Crippen LogP contribution in [0.4, 0.5) is 11.6 Å². The van der Waals surface area contributed by atoms with E-state index in [1.165, 1.54) is 0 Å². The van der Waals surface area contributed by atoms with Gasteiger partial charge in [-0.3, -0.25) is 4.90 Å². The molecule has 2 aliphatic rings. The minimum Gasteiger partial charge on any atom is -0.378 e. The zero-order valence-corrected chi connectivity index (χ0v) is 14.3. The highest BCUT2D eigenvalue weighted by molar-refractivity contribution is 9.11. The first-order valence-corrected chi connectivity index (χ1v) is 8.49. The quantitative estimate of drug-likeness (QED) is 0.800. The maximum atomic E-state index is 5.37. The molecule has 0 unspecified atom stereocenters. The highest BCUT2D eigenvalue weighted by Gasteiger charge is 2.19. The lowest BCUT2D eigenvalue weighted by Crippen LogP contribution is -2.47. The molecule has 22 heavy (non-hydrogen) atoms. The van der Waals surface area contributed by atoms with E-state index in [2.05, 4.69) is 59.5 Å². The van der Waals surface area contributed by atoms with Gasteiger partial charge in [-0.05, 0) is 12.1 Å². The summed E-state index contributed by atoms with van der Waals surface area (Å²) >= 11 is 3.43. The van der Waals surface area contributed by atoms with E-state index in [4.69, 9.17) is 4.74 Å². The van der Waals surface area contributed by atoms with Crippen molar-refractivity contribution in [3.63, 3.8) is 0 Å². The third-order valence-corrected chi connectivity index (χ3v) is 4.31. The highest BCUT2D eigenvalue weighted by Crippen LogP contribution is 2.18. The minimum absolute atomic E-state index is 0.768. The summed E-state index contributed by atoms with van der Waals surface area (Å²) in [6, 6.07) is 4.15. The van der Waals surface area contributed by atoms with Gasteiger partial charge in [0.2, 0.25) is 0 Å². The Labute approximate surface area is 139 Å². The van der Waals surface area contributed by atoms with Crippen molar-refractivity contribution in [2.24, 2.45) is 0 Å². The van der Waals surface area contributed by atoms with E-state index in [9.17, 15) is 0 Å². The first kappa shape index (κ1) is 15.7. The van der Waals surface area contributed by atoms with Crippen molar-refractivity contribution in [3.8, 4) is 0 Å². The van der Waals surface area contributed by atoms with Crippen molar-refractivity contribution in [2.75, 3.05) is 68.8 Å². The molecule has 0 radical (unpaired) electrons. The fourth-order valence-electron chi connectivity index (χ4n) is 2.83. The predicted molar refractivity (Wildman–Crippen MR) is 91.8 cm³/mol. The summed E-state index contributed by atoms with van der Waals surface area (Å²) in [7, 11) is 0. The van der Waals surface area contributed by atoms with Crippen LogP contribution in [0.3, 0.4) is 0 Å². The van der Waals surface area contributed by atoms with Gasteiger partial charge in [-0.1, -0.05) is 22.5 Å². The zero-order valence-electron chi connectivity index (χ0n) is 12.7. The molecule has 3 heterocycles. The van der Waals surface area contributed by atoms with Crippen LogP contribution < -0.4 is 9.80 Å². The standard InChI is InChI=1S/C15H22BrN5O/c1-13(16)12-19-4-6-20(7-5-19)14-2-3-15(18-17-14)21-8-10-22-11-9-21/h2-3H,1,4-12H2. The molecule has 2 aliphatic heterocycles. The number of morpholine rings is 1. The van der Waals surface area contributed by atoms with Gasteiger partial charge in [0.05, 0.1) is 13.2 Å². The largest absolute Gasteiger partial charge is 0.378 e. The topological polar surface area (TPSA) is 44.7 Å². The van der Waals surface area contributed by atoms with E-state index < -0.39 is 0 Å². The zero-order chi connectivity index (χ0) is 15.4. The summed E-state index contributed by atoms with van der Waals surface area (Å²) in [6.45, 7) is 12.1. The van der Waals surface area contributed by atoms with Gasteiger partial charge in [-0.25, -0.2) is 0 Å². The van der Waals surface area contributed by atoms with Gasteiger partial charge in [0.1, 0.15) is 0 Å². The fraction of sp³-hybridized carbons (Fsp3) is 0.600. The summed E-state index contributed by atoms with van der Waals surface area (Å²) in [6.07, 6.45) is 0. The predicted octanol–water partition coefficient (Wildman–Crippen LogP) is 1.34. The van der Waals surface area contributed by atoms with E-state index in [1.54, 1.807) is 0 Å². The molecule has 0 atom stereocenters. The smallest absolute Gasteiger partial charge is 0.151 e. The maximum Gasteiger partial charge on any atom is 0.151 e. The van der Waals surface area contributed by atoms with Crippen LogP contribution >= 0.6 is 15.9 Å². The Bertz CT molecular complexity index is 495. The molecule has 0 amide bonds. The van der Waals surface area contributed by atoms with Gasteiger partial charge in [0.25, 0.3) is 0 Å². The third kappa shape index (κ3) is 3.97. The van der Waals surface area contributed by atoms with Gasteiger partial charge in [0.15, 0.2) is 11.6 Å². The number of piperazine rings is 1. The first-order chi connectivity index (χ1) is 10.7. The molecule has 0 spiro atoms. The number of anilines is 2.